The first-order valence-electron chi connectivity index (χ1n) is 4.22. The average molecular weight is 183 g/mol. The number of aromatic nitrogens is 2. The van der Waals surface area contributed by atoms with Crippen LogP contribution in [0.4, 0.5) is 5.13 Å². The van der Waals surface area contributed by atoms with Crippen molar-refractivity contribution in [1.29, 1.82) is 0 Å². The monoisotopic (exact) mass is 183 g/mol. The van der Waals surface area contributed by atoms with Gasteiger partial charge in [0.1, 0.15) is 5.82 Å². The fourth-order valence-corrected chi connectivity index (χ4v) is 1.62. The fourth-order valence-electron chi connectivity index (χ4n) is 1.05. The van der Waals surface area contributed by atoms with Crippen molar-refractivity contribution in [1.82, 2.24) is 9.36 Å². The van der Waals surface area contributed by atoms with E-state index in [-0.39, 0.29) is 0 Å². The van der Waals surface area contributed by atoms with Crippen LogP contribution in [0.2, 0.25) is 0 Å². The van der Waals surface area contributed by atoms with Crippen LogP contribution >= 0.6 is 11.5 Å². The first-order valence-corrected chi connectivity index (χ1v) is 5.00. The molecule has 0 radical (unpaired) electrons. The van der Waals surface area contributed by atoms with E-state index in [0.29, 0.717) is 5.41 Å². The van der Waals surface area contributed by atoms with Crippen molar-refractivity contribution in [3.63, 3.8) is 0 Å². The molecule has 1 saturated carbocycles. The molecule has 1 aliphatic rings. The van der Waals surface area contributed by atoms with E-state index in [4.69, 9.17) is 0 Å². The molecule has 12 heavy (non-hydrogen) atoms. The number of aryl methyl sites for hydroxylation is 1. The van der Waals surface area contributed by atoms with Gasteiger partial charge in [-0.2, -0.15) is 4.37 Å². The number of rotatable bonds is 3. The second-order valence-electron chi connectivity index (χ2n) is 3.81. The normalized spacial score (nSPS) is 19.2. The van der Waals surface area contributed by atoms with Crippen LogP contribution in [0.5, 0.6) is 0 Å². The molecule has 1 aromatic heterocycles. The number of anilines is 1. The summed E-state index contributed by atoms with van der Waals surface area (Å²) in [5, 5.41) is 4.27. The van der Waals surface area contributed by atoms with Crippen molar-refractivity contribution in [2.45, 2.75) is 26.7 Å². The summed E-state index contributed by atoms with van der Waals surface area (Å²) in [6, 6.07) is 0. The van der Waals surface area contributed by atoms with E-state index in [2.05, 4.69) is 21.6 Å². The zero-order valence-corrected chi connectivity index (χ0v) is 8.24. The van der Waals surface area contributed by atoms with Crippen LogP contribution in [0, 0.1) is 12.3 Å². The van der Waals surface area contributed by atoms with Crippen molar-refractivity contribution in [3.8, 4) is 0 Å². The molecule has 0 spiro atoms. The molecular weight excluding hydrogens is 170 g/mol. The number of nitrogens with one attached hydrogen (secondary N) is 1. The standard InChI is InChI=1S/C8H13N3S/c1-6-10-7(12-11-6)9-5-8(2)3-4-8/h3-5H2,1-2H3,(H,9,10,11). The third-order valence-corrected chi connectivity index (χ3v) is 3.06. The van der Waals surface area contributed by atoms with Gasteiger partial charge in [-0.25, -0.2) is 4.98 Å². The maximum absolute atomic E-state index is 4.24. The van der Waals surface area contributed by atoms with Crippen molar-refractivity contribution in [2.75, 3.05) is 11.9 Å². The van der Waals surface area contributed by atoms with Gasteiger partial charge in [-0.3, -0.25) is 0 Å². The van der Waals surface area contributed by atoms with Gasteiger partial charge in [0, 0.05) is 18.1 Å². The molecular formula is C8H13N3S. The Morgan fingerprint density at radius 1 is 1.58 bits per heavy atom. The van der Waals surface area contributed by atoms with Crippen molar-refractivity contribution in [3.05, 3.63) is 5.82 Å². The lowest BCUT2D eigenvalue weighted by atomic mass is 10.1. The highest BCUT2D eigenvalue weighted by atomic mass is 32.1. The first kappa shape index (κ1) is 7.98. The molecule has 0 unspecified atom stereocenters. The quantitative estimate of drug-likeness (QED) is 0.779. The van der Waals surface area contributed by atoms with Gasteiger partial charge in [0.05, 0.1) is 0 Å². The minimum absolute atomic E-state index is 0.541. The van der Waals surface area contributed by atoms with Crippen LogP contribution in [-0.2, 0) is 0 Å². The molecule has 0 saturated heterocycles. The smallest absolute Gasteiger partial charge is 0.202 e. The van der Waals surface area contributed by atoms with Gasteiger partial charge in [0.2, 0.25) is 5.13 Å². The molecule has 1 heterocycles. The lowest BCUT2D eigenvalue weighted by Crippen LogP contribution is -2.11. The summed E-state index contributed by atoms with van der Waals surface area (Å²) < 4.78 is 4.11. The minimum Gasteiger partial charge on any atom is -0.360 e. The summed E-state index contributed by atoms with van der Waals surface area (Å²) in [5.41, 5.74) is 0.541. The second-order valence-corrected chi connectivity index (χ2v) is 4.56. The van der Waals surface area contributed by atoms with Crippen LogP contribution in [-0.4, -0.2) is 15.9 Å². The van der Waals surface area contributed by atoms with E-state index in [0.717, 1.165) is 17.5 Å². The van der Waals surface area contributed by atoms with E-state index in [9.17, 15) is 0 Å². The highest BCUT2D eigenvalue weighted by Crippen LogP contribution is 2.44. The topological polar surface area (TPSA) is 37.8 Å². The molecule has 0 aliphatic heterocycles. The molecule has 4 heteroatoms. The molecule has 1 aromatic rings. The molecule has 0 bridgehead atoms. The third-order valence-electron chi connectivity index (χ3n) is 2.30. The molecule has 0 aromatic carbocycles. The molecule has 1 fully saturated rings. The van der Waals surface area contributed by atoms with E-state index in [1.165, 1.54) is 24.4 Å². The van der Waals surface area contributed by atoms with Gasteiger partial charge < -0.3 is 5.32 Å². The van der Waals surface area contributed by atoms with Crippen molar-refractivity contribution < 1.29 is 0 Å². The third kappa shape index (κ3) is 1.75. The highest BCUT2D eigenvalue weighted by Gasteiger charge is 2.36. The number of hydrogen-bond acceptors (Lipinski definition) is 4. The van der Waals surface area contributed by atoms with Crippen LogP contribution in [0.1, 0.15) is 25.6 Å². The van der Waals surface area contributed by atoms with Gasteiger partial charge in [-0.1, -0.05) is 6.92 Å². The Balaban J connectivity index is 1.87. The summed E-state index contributed by atoms with van der Waals surface area (Å²) in [6.45, 7) is 5.26. The lowest BCUT2D eigenvalue weighted by molar-refractivity contribution is 0.610. The van der Waals surface area contributed by atoms with E-state index in [1.54, 1.807) is 0 Å². The second kappa shape index (κ2) is 2.69. The maximum Gasteiger partial charge on any atom is 0.202 e. The SMILES string of the molecule is Cc1nsc(NCC2(C)CC2)n1. The first-order chi connectivity index (χ1) is 5.68. The Bertz CT molecular complexity index is 278. The van der Waals surface area contributed by atoms with Gasteiger partial charge in [-0.05, 0) is 25.2 Å². The van der Waals surface area contributed by atoms with E-state index in [1.807, 2.05) is 6.92 Å². The highest BCUT2D eigenvalue weighted by molar-refractivity contribution is 7.09. The summed E-state index contributed by atoms with van der Waals surface area (Å²) in [5.74, 6) is 0.864. The molecule has 0 atom stereocenters. The van der Waals surface area contributed by atoms with E-state index < -0.39 is 0 Å². The zero-order chi connectivity index (χ0) is 8.60. The van der Waals surface area contributed by atoms with Gasteiger partial charge in [0.25, 0.3) is 0 Å². The van der Waals surface area contributed by atoms with E-state index >= 15 is 0 Å². The van der Waals surface area contributed by atoms with Crippen molar-refractivity contribution >= 4 is 16.7 Å². The van der Waals surface area contributed by atoms with Gasteiger partial charge in [-0.15, -0.1) is 0 Å². The summed E-state index contributed by atoms with van der Waals surface area (Å²) >= 11 is 1.45. The Kier molecular flexibility index (Phi) is 1.79. The molecule has 3 nitrogen and oxygen atoms in total. The summed E-state index contributed by atoms with van der Waals surface area (Å²) in [4.78, 5) is 4.24. The molecule has 66 valence electrons. The van der Waals surface area contributed by atoms with Crippen LogP contribution < -0.4 is 5.32 Å². The summed E-state index contributed by atoms with van der Waals surface area (Å²) in [7, 11) is 0. The fraction of sp³-hybridized carbons (Fsp3) is 0.750. The Morgan fingerprint density at radius 2 is 2.33 bits per heavy atom. The van der Waals surface area contributed by atoms with Crippen LogP contribution in [0.15, 0.2) is 0 Å². The van der Waals surface area contributed by atoms with Crippen LogP contribution in [0.3, 0.4) is 0 Å². The molecule has 1 aliphatic carbocycles. The molecule has 2 rings (SSSR count). The summed E-state index contributed by atoms with van der Waals surface area (Å²) in [6.07, 6.45) is 2.69. The lowest BCUT2D eigenvalue weighted by Gasteiger charge is -2.07. The van der Waals surface area contributed by atoms with Crippen LogP contribution in [0.25, 0.3) is 0 Å². The number of nitrogens with zero attached hydrogens (tertiary/aromatic N) is 2. The largest absolute Gasteiger partial charge is 0.360 e. The Morgan fingerprint density at radius 3 is 2.83 bits per heavy atom. The maximum atomic E-state index is 4.24. The van der Waals surface area contributed by atoms with Gasteiger partial charge in [0.15, 0.2) is 0 Å². The minimum atomic E-state index is 0.541. The Labute approximate surface area is 76.4 Å². The van der Waals surface area contributed by atoms with Crippen molar-refractivity contribution in [2.24, 2.45) is 5.41 Å². The average Bonchev–Trinajstić information content (AvgIpc) is 2.60. The molecule has 1 N–H and O–H groups in total. The number of hydrogen-bond donors (Lipinski definition) is 1. The van der Waals surface area contributed by atoms with Gasteiger partial charge >= 0.3 is 0 Å². The predicted molar refractivity (Wildman–Crippen MR) is 50.5 cm³/mol. The Hall–Kier alpha value is -0.640. The molecule has 0 amide bonds. The zero-order valence-electron chi connectivity index (χ0n) is 7.42. The predicted octanol–water partition coefficient (Wildman–Crippen LogP) is 2.06.